The third kappa shape index (κ3) is 2.29. The van der Waals surface area contributed by atoms with Crippen molar-refractivity contribution in [1.29, 1.82) is 0 Å². The van der Waals surface area contributed by atoms with Gasteiger partial charge in [0.1, 0.15) is 6.04 Å². The van der Waals surface area contributed by atoms with Crippen LogP contribution in [0.5, 0.6) is 17.2 Å². The fourth-order valence-corrected chi connectivity index (χ4v) is 2.16. The van der Waals surface area contributed by atoms with E-state index in [2.05, 4.69) is 0 Å². The molecule has 0 fully saturated rings. The van der Waals surface area contributed by atoms with Crippen LogP contribution in [0.1, 0.15) is 11.1 Å². The van der Waals surface area contributed by atoms with Crippen molar-refractivity contribution in [3.05, 3.63) is 17.2 Å². The Morgan fingerprint density at radius 1 is 1.37 bits per heavy atom. The van der Waals surface area contributed by atoms with Gasteiger partial charge in [0.05, 0.1) is 6.61 Å². The summed E-state index contributed by atoms with van der Waals surface area (Å²) in [5.74, 6) is -1.83. The predicted octanol–water partition coefficient (Wildman–Crippen LogP) is -0.992. The minimum atomic E-state index is -0.991. The molecule has 0 unspecified atom stereocenters. The standard InChI is InChI=1S/C12H16N2O5/c13-8(5-15)12(19)14-2-1-6-3-9(16)11(18)10(17)7(6)4-14/h3,8,15-18H,1-2,4-5,13H2/t8-/m0/s1. The number of hydrogen-bond donors (Lipinski definition) is 5. The number of hydrogen-bond acceptors (Lipinski definition) is 6. The number of aliphatic hydroxyl groups excluding tert-OH is 1. The summed E-state index contributed by atoms with van der Waals surface area (Å²) in [6.07, 6.45) is 0.431. The van der Waals surface area contributed by atoms with Crippen molar-refractivity contribution in [2.45, 2.75) is 19.0 Å². The molecular formula is C12H16N2O5. The molecule has 0 saturated carbocycles. The topological polar surface area (TPSA) is 127 Å². The minimum Gasteiger partial charge on any atom is -0.504 e. The number of carbonyl (C=O) groups excluding carboxylic acids is 1. The normalized spacial score (nSPS) is 16.0. The minimum absolute atomic E-state index is 0.0849. The monoisotopic (exact) mass is 268 g/mol. The van der Waals surface area contributed by atoms with Crippen molar-refractivity contribution in [2.24, 2.45) is 5.73 Å². The van der Waals surface area contributed by atoms with Crippen LogP contribution in [0.25, 0.3) is 0 Å². The highest BCUT2D eigenvalue weighted by Gasteiger charge is 2.28. The summed E-state index contributed by atoms with van der Waals surface area (Å²) < 4.78 is 0. The number of phenols is 3. The Bertz CT molecular complexity index is 517. The average molecular weight is 268 g/mol. The Balaban J connectivity index is 2.29. The predicted molar refractivity (Wildman–Crippen MR) is 65.6 cm³/mol. The fraction of sp³-hybridized carbons (Fsp3) is 0.417. The lowest BCUT2D eigenvalue weighted by atomic mass is 9.97. The van der Waals surface area contributed by atoms with Crippen LogP contribution in [-0.2, 0) is 17.8 Å². The van der Waals surface area contributed by atoms with Crippen molar-refractivity contribution in [3.63, 3.8) is 0 Å². The van der Waals surface area contributed by atoms with Crippen molar-refractivity contribution >= 4 is 5.91 Å². The van der Waals surface area contributed by atoms with E-state index in [1.807, 2.05) is 0 Å². The Kier molecular flexibility index (Phi) is 3.50. The molecule has 0 radical (unpaired) electrons. The molecule has 0 aliphatic carbocycles. The molecule has 1 aromatic rings. The largest absolute Gasteiger partial charge is 0.504 e. The molecule has 0 saturated heterocycles. The number of phenolic OH excluding ortho intramolecular Hbond substituents is 3. The van der Waals surface area contributed by atoms with Crippen LogP contribution >= 0.6 is 0 Å². The number of rotatable bonds is 2. The molecular weight excluding hydrogens is 252 g/mol. The molecule has 0 aromatic heterocycles. The molecule has 1 atom stereocenters. The van der Waals surface area contributed by atoms with Crippen molar-refractivity contribution < 1.29 is 25.2 Å². The maximum absolute atomic E-state index is 11.8. The molecule has 1 amide bonds. The van der Waals surface area contributed by atoms with Crippen molar-refractivity contribution in [1.82, 2.24) is 4.90 Å². The second kappa shape index (κ2) is 4.94. The van der Waals surface area contributed by atoms with Gasteiger partial charge in [-0.15, -0.1) is 0 Å². The lowest BCUT2D eigenvalue weighted by Crippen LogP contribution is -2.47. The van der Waals surface area contributed by atoms with Gasteiger partial charge in [-0.3, -0.25) is 4.79 Å². The van der Waals surface area contributed by atoms with E-state index in [1.54, 1.807) is 0 Å². The van der Waals surface area contributed by atoms with E-state index in [4.69, 9.17) is 10.8 Å². The van der Waals surface area contributed by atoms with Crippen molar-refractivity contribution in [2.75, 3.05) is 13.2 Å². The van der Waals surface area contributed by atoms with E-state index < -0.39 is 30.1 Å². The van der Waals surface area contributed by atoms with Gasteiger partial charge in [-0.1, -0.05) is 0 Å². The highest BCUT2D eigenvalue weighted by atomic mass is 16.3. The number of aliphatic hydroxyl groups is 1. The van der Waals surface area contributed by atoms with E-state index in [1.165, 1.54) is 11.0 Å². The summed E-state index contributed by atoms with van der Waals surface area (Å²) in [5.41, 5.74) is 6.53. The summed E-state index contributed by atoms with van der Waals surface area (Å²) in [5, 5.41) is 37.6. The first kappa shape index (κ1) is 13.4. The van der Waals surface area contributed by atoms with Crippen LogP contribution in [0.2, 0.25) is 0 Å². The highest BCUT2D eigenvalue weighted by molar-refractivity contribution is 5.82. The van der Waals surface area contributed by atoms with Crippen LogP contribution in [0.3, 0.4) is 0 Å². The zero-order valence-electron chi connectivity index (χ0n) is 10.2. The first-order valence-corrected chi connectivity index (χ1v) is 5.86. The van der Waals surface area contributed by atoms with E-state index in [0.717, 1.165) is 0 Å². The number of nitrogens with two attached hydrogens (primary N) is 1. The molecule has 1 aliphatic heterocycles. The molecule has 19 heavy (non-hydrogen) atoms. The number of benzene rings is 1. The van der Waals surface area contributed by atoms with E-state index >= 15 is 0 Å². The first-order chi connectivity index (χ1) is 8.95. The van der Waals surface area contributed by atoms with Gasteiger partial charge in [0.2, 0.25) is 11.7 Å². The molecule has 1 aromatic carbocycles. The van der Waals surface area contributed by atoms with Crippen LogP contribution in [0.4, 0.5) is 0 Å². The molecule has 2 rings (SSSR count). The van der Waals surface area contributed by atoms with Gasteiger partial charge in [0.15, 0.2) is 11.5 Å². The molecule has 104 valence electrons. The molecule has 0 bridgehead atoms. The summed E-state index contributed by atoms with van der Waals surface area (Å²) in [7, 11) is 0. The summed E-state index contributed by atoms with van der Waals surface area (Å²) in [6.45, 7) is 0.0136. The highest BCUT2D eigenvalue weighted by Crippen LogP contribution is 2.41. The second-order valence-electron chi connectivity index (χ2n) is 4.53. The SMILES string of the molecule is N[C@@H](CO)C(=O)N1CCc2cc(O)c(O)c(O)c2C1. The number of fused-ring (bicyclic) bond motifs is 1. The Hall–Kier alpha value is -1.99. The lowest BCUT2D eigenvalue weighted by molar-refractivity contribution is -0.134. The molecule has 7 nitrogen and oxygen atoms in total. The summed E-state index contributed by atoms with van der Waals surface area (Å²) in [4.78, 5) is 13.3. The fourth-order valence-electron chi connectivity index (χ4n) is 2.16. The Labute approximate surface area is 109 Å². The van der Waals surface area contributed by atoms with Crippen molar-refractivity contribution in [3.8, 4) is 17.2 Å². The molecule has 7 heteroatoms. The number of carbonyl (C=O) groups is 1. The van der Waals surface area contributed by atoms with Gasteiger partial charge in [-0.05, 0) is 18.1 Å². The second-order valence-corrected chi connectivity index (χ2v) is 4.53. The zero-order valence-corrected chi connectivity index (χ0v) is 10.2. The van der Waals surface area contributed by atoms with Gasteiger partial charge < -0.3 is 31.1 Å². The van der Waals surface area contributed by atoms with Crippen LogP contribution in [0, 0.1) is 0 Å². The maximum atomic E-state index is 11.8. The zero-order chi connectivity index (χ0) is 14.2. The van der Waals surface area contributed by atoms with Crippen LogP contribution in [-0.4, -0.2) is 50.4 Å². The van der Waals surface area contributed by atoms with Crippen LogP contribution in [0.15, 0.2) is 6.07 Å². The Morgan fingerprint density at radius 2 is 2.05 bits per heavy atom. The molecule has 0 spiro atoms. The lowest BCUT2D eigenvalue weighted by Gasteiger charge is -2.31. The van der Waals surface area contributed by atoms with E-state index in [0.29, 0.717) is 24.1 Å². The number of amides is 1. The average Bonchev–Trinajstić information content (AvgIpc) is 2.43. The molecule has 1 aliphatic rings. The number of aromatic hydroxyl groups is 3. The van der Waals surface area contributed by atoms with E-state index in [9.17, 15) is 20.1 Å². The van der Waals surface area contributed by atoms with Crippen LogP contribution < -0.4 is 5.73 Å². The van der Waals surface area contributed by atoms with Gasteiger partial charge in [-0.2, -0.15) is 0 Å². The molecule has 1 heterocycles. The summed E-state index contributed by atoms with van der Waals surface area (Å²) >= 11 is 0. The van der Waals surface area contributed by atoms with Gasteiger partial charge in [0.25, 0.3) is 0 Å². The summed E-state index contributed by atoms with van der Waals surface area (Å²) in [6, 6.07) is 0.382. The quantitative estimate of drug-likeness (QED) is 0.438. The number of nitrogens with zero attached hydrogens (tertiary/aromatic N) is 1. The molecule has 6 N–H and O–H groups in total. The van der Waals surface area contributed by atoms with Gasteiger partial charge in [0, 0.05) is 18.7 Å². The third-order valence-electron chi connectivity index (χ3n) is 3.28. The smallest absolute Gasteiger partial charge is 0.242 e. The van der Waals surface area contributed by atoms with Gasteiger partial charge in [-0.25, -0.2) is 0 Å². The van der Waals surface area contributed by atoms with E-state index in [-0.39, 0.29) is 12.3 Å². The maximum Gasteiger partial charge on any atom is 0.242 e. The van der Waals surface area contributed by atoms with Gasteiger partial charge >= 0.3 is 0 Å². The Morgan fingerprint density at radius 3 is 2.68 bits per heavy atom. The third-order valence-corrected chi connectivity index (χ3v) is 3.28. The first-order valence-electron chi connectivity index (χ1n) is 5.86.